The number of hydrogen-bond donors (Lipinski definition) is 1. The Hall–Kier alpha value is -1.43. The summed E-state index contributed by atoms with van der Waals surface area (Å²) in [5.41, 5.74) is -0.822. The van der Waals surface area contributed by atoms with Crippen LogP contribution in [0, 0.1) is 5.92 Å². The van der Waals surface area contributed by atoms with E-state index in [-0.39, 0.29) is 0 Å². The van der Waals surface area contributed by atoms with E-state index in [1.807, 2.05) is 4.90 Å². The van der Waals surface area contributed by atoms with Crippen LogP contribution in [0.3, 0.4) is 0 Å². The highest BCUT2D eigenvalue weighted by Crippen LogP contribution is 2.29. The fraction of sp³-hybridized carbons (Fsp3) is 0.786. The number of aliphatic carboxylic acids is 1. The first kappa shape index (κ1) is 15.0. The average Bonchev–Trinajstić information content (AvgIpc) is 2.78. The monoisotopic (exact) mass is 281 g/mol. The Bertz CT molecular complexity index is 472. The number of hydrogen-bond acceptors (Lipinski definition) is 5. The Balaban J connectivity index is 2.07. The second kappa shape index (κ2) is 5.91. The van der Waals surface area contributed by atoms with E-state index in [0.29, 0.717) is 30.6 Å². The fourth-order valence-electron chi connectivity index (χ4n) is 2.63. The fourth-order valence-corrected chi connectivity index (χ4v) is 2.63. The van der Waals surface area contributed by atoms with Gasteiger partial charge in [0.25, 0.3) is 0 Å². The maximum atomic E-state index is 11.5. The quantitative estimate of drug-likeness (QED) is 0.890. The van der Waals surface area contributed by atoms with Gasteiger partial charge in [-0.1, -0.05) is 19.0 Å². The van der Waals surface area contributed by atoms with Crippen molar-refractivity contribution < 1.29 is 14.4 Å². The lowest BCUT2D eigenvalue weighted by Crippen LogP contribution is -2.54. The highest BCUT2D eigenvalue weighted by Gasteiger charge is 2.41. The first-order valence-electron chi connectivity index (χ1n) is 7.21. The van der Waals surface area contributed by atoms with E-state index in [0.717, 1.165) is 25.8 Å². The molecule has 2 rings (SSSR count). The van der Waals surface area contributed by atoms with Gasteiger partial charge >= 0.3 is 5.97 Å². The molecule has 0 spiro atoms. The predicted octanol–water partition coefficient (Wildman–Crippen LogP) is 2.10. The van der Waals surface area contributed by atoms with Crippen LogP contribution in [0.25, 0.3) is 0 Å². The van der Waals surface area contributed by atoms with E-state index >= 15 is 0 Å². The summed E-state index contributed by atoms with van der Waals surface area (Å²) in [5.74, 6) is 0.893. The number of rotatable bonds is 5. The third kappa shape index (κ3) is 3.17. The molecule has 1 saturated heterocycles. The molecule has 1 unspecified atom stereocenters. The minimum absolute atomic E-state index is 0.435. The molecule has 20 heavy (non-hydrogen) atoms. The smallest absolute Gasteiger partial charge is 0.323 e. The van der Waals surface area contributed by atoms with E-state index in [2.05, 4.69) is 24.0 Å². The summed E-state index contributed by atoms with van der Waals surface area (Å²) in [5, 5.41) is 13.4. The van der Waals surface area contributed by atoms with Crippen LogP contribution in [-0.4, -0.2) is 38.2 Å². The molecule has 1 N–H and O–H groups in total. The van der Waals surface area contributed by atoms with E-state index in [1.165, 1.54) is 0 Å². The number of carboxylic acid groups (broad SMARTS) is 1. The minimum atomic E-state index is -0.822. The molecule has 1 aliphatic heterocycles. The molecule has 1 fully saturated rings. The van der Waals surface area contributed by atoms with Crippen molar-refractivity contribution in [2.45, 2.75) is 58.5 Å². The lowest BCUT2D eigenvalue weighted by atomic mass is 9.88. The number of piperidine rings is 1. The molecule has 2 heterocycles. The minimum Gasteiger partial charge on any atom is -0.480 e. The Kier molecular flexibility index (Phi) is 4.42. The molecule has 0 aliphatic carbocycles. The zero-order valence-electron chi connectivity index (χ0n) is 12.4. The van der Waals surface area contributed by atoms with Crippen LogP contribution in [0.15, 0.2) is 4.52 Å². The maximum absolute atomic E-state index is 11.5. The van der Waals surface area contributed by atoms with Gasteiger partial charge in [-0.15, -0.1) is 0 Å². The van der Waals surface area contributed by atoms with Gasteiger partial charge in [-0.25, -0.2) is 0 Å². The van der Waals surface area contributed by atoms with Crippen molar-refractivity contribution in [2.75, 3.05) is 6.54 Å². The third-order valence-electron chi connectivity index (χ3n) is 3.93. The summed E-state index contributed by atoms with van der Waals surface area (Å²) in [6.45, 7) is 7.16. The van der Waals surface area contributed by atoms with Gasteiger partial charge in [0.15, 0.2) is 5.82 Å². The van der Waals surface area contributed by atoms with Crippen LogP contribution >= 0.6 is 0 Å². The van der Waals surface area contributed by atoms with Crippen molar-refractivity contribution >= 4 is 5.97 Å². The topological polar surface area (TPSA) is 79.5 Å². The van der Waals surface area contributed by atoms with Crippen molar-refractivity contribution in [2.24, 2.45) is 5.92 Å². The summed E-state index contributed by atoms with van der Waals surface area (Å²) in [7, 11) is 0. The van der Waals surface area contributed by atoms with Crippen LogP contribution in [0.2, 0.25) is 0 Å². The summed E-state index contributed by atoms with van der Waals surface area (Å²) >= 11 is 0. The van der Waals surface area contributed by atoms with E-state index in [9.17, 15) is 9.90 Å². The van der Waals surface area contributed by atoms with E-state index in [1.54, 1.807) is 6.92 Å². The number of carbonyl (C=O) groups is 1. The molecule has 0 amide bonds. The summed E-state index contributed by atoms with van der Waals surface area (Å²) in [6, 6.07) is 0. The number of nitrogens with zero attached hydrogens (tertiary/aromatic N) is 3. The molecule has 6 heteroatoms. The van der Waals surface area contributed by atoms with Gasteiger partial charge in [0.05, 0.1) is 6.54 Å². The van der Waals surface area contributed by atoms with Crippen LogP contribution in [0.5, 0.6) is 0 Å². The molecule has 112 valence electrons. The first-order valence-corrected chi connectivity index (χ1v) is 7.21. The highest BCUT2D eigenvalue weighted by molar-refractivity contribution is 5.78. The Labute approximate surface area is 119 Å². The lowest BCUT2D eigenvalue weighted by molar-refractivity contribution is -0.153. The summed E-state index contributed by atoms with van der Waals surface area (Å²) in [4.78, 5) is 17.8. The molecule has 0 saturated carbocycles. The molecule has 1 aromatic rings. The highest BCUT2D eigenvalue weighted by atomic mass is 16.5. The van der Waals surface area contributed by atoms with Crippen LogP contribution in [-0.2, 0) is 17.8 Å². The standard InChI is InChI=1S/C14H23N3O3/c1-10(2)8-12-15-11(16-20-12)9-17-7-5-4-6-14(17,3)13(18)19/h10H,4-9H2,1-3H3,(H,18,19). The Morgan fingerprint density at radius 3 is 2.90 bits per heavy atom. The maximum Gasteiger partial charge on any atom is 0.323 e. The predicted molar refractivity (Wildman–Crippen MR) is 73.1 cm³/mol. The third-order valence-corrected chi connectivity index (χ3v) is 3.93. The van der Waals surface area contributed by atoms with Crippen molar-refractivity contribution in [3.05, 3.63) is 11.7 Å². The van der Waals surface area contributed by atoms with Crippen molar-refractivity contribution in [3.63, 3.8) is 0 Å². The van der Waals surface area contributed by atoms with Crippen LogP contribution < -0.4 is 0 Å². The zero-order chi connectivity index (χ0) is 14.8. The van der Waals surface area contributed by atoms with E-state index < -0.39 is 11.5 Å². The van der Waals surface area contributed by atoms with Gasteiger partial charge in [0.1, 0.15) is 5.54 Å². The van der Waals surface area contributed by atoms with Crippen LogP contribution in [0.4, 0.5) is 0 Å². The molecule has 1 aliphatic rings. The average molecular weight is 281 g/mol. The molecule has 0 aromatic carbocycles. The molecule has 1 aromatic heterocycles. The Morgan fingerprint density at radius 1 is 1.50 bits per heavy atom. The second-order valence-electron chi connectivity index (χ2n) is 6.16. The molecular formula is C14H23N3O3. The normalized spacial score (nSPS) is 24.2. The summed E-state index contributed by atoms with van der Waals surface area (Å²) < 4.78 is 5.21. The van der Waals surface area contributed by atoms with Crippen molar-refractivity contribution in [1.82, 2.24) is 15.0 Å². The largest absolute Gasteiger partial charge is 0.480 e. The van der Waals surface area contributed by atoms with Gasteiger partial charge in [-0.3, -0.25) is 9.69 Å². The molecular weight excluding hydrogens is 258 g/mol. The first-order chi connectivity index (χ1) is 9.41. The Morgan fingerprint density at radius 2 is 2.25 bits per heavy atom. The van der Waals surface area contributed by atoms with Crippen LogP contribution in [0.1, 0.15) is 51.7 Å². The SMILES string of the molecule is CC(C)Cc1nc(CN2CCCCC2(C)C(=O)O)no1. The summed E-state index contributed by atoms with van der Waals surface area (Å²) in [6.07, 6.45) is 3.38. The number of aromatic nitrogens is 2. The molecule has 1 atom stereocenters. The molecule has 6 nitrogen and oxygen atoms in total. The second-order valence-corrected chi connectivity index (χ2v) is 6.16. The van der Waals surface area contributed by atoms with Gasteiger partial charge in [0, 0.05) is 6.42 Å². The van der Waals surface area contributed by atoms with Gasteiger partial charge in [-0.2, -0.15) is 4.98 Å². The zero-order valence-corrected chi connectivity index (χ0v) is 12.4. The van der Waals surface area contributed by atoms with E-state index in [4.69, 9.17) is 4.52 Å². The number of likely N-dealkylation sites (tertiary alicyclic amines) is 1. The lowest BCUT2D eigenvalue weighted by Gasteiger charge is -2.40. The van der Waals surface area contributed by atoms with Gasteiger partial charge in [0.2, 0.25) is 5.89 Å². The van der Waals surface area contributed by atoms with Crippen molar-refractivity contribution in [1.29, 1.82) is 0 Å². The molecule has 0 bridgehead atoms. The molecule has 0 radical (unpaired) electrons. The number of carboxylic acids is 1. The van der Waals surface area contributed by atoms with Crippen molar-refractivity contribution in [3.8, 4) is 0 Å². The van der Waals surface area contributed by atoms with Gasteiger partial charge in [-0.05, 0) is 38.6 Å². The van der Waals surface area contributed by atoms with Gasteiger partial charge < -0.3 is 9.63 Å².